The van der Waals surface area contributed by atoms with Gasteiger partial charge in [-0.25, -0.2) is 0 Å². The normalized spacial score (nSPS) is 28.0. The maximum absolute atomic E-state index is 11.0. The molecule has 0 aromatic heterocycles. The van der Waals surface area contributed by atoms with Gasteiger partial charge in [0.1, 0.15) is 0 Å². The van der Waals surface area contributed by atoms with E-state index in [4.69, 9.17) is 5.73 Å². The predicted molar refractivity (Wildman–Crippen MR) is 49.3 cm³/mol. The summed E-state index contributed by atoms with van der Waals surface area (Å²) in [5.74, 6) is -0.321. The van der Waals surface area contributed by atoms with Crippen LogP contribution in [0.4, 0.5) is 0 Å². The highest BCUT2D eigenvalue weighted by atomic mass is 16.1. The molecule has 1 unspecified atom stereocenters. The number of nitrogens with two attached hydrogens (primary N) is 1. The van der Waals surface area contributed by atoms with Crippen molar-refractivity contribution in [3.05, 3.63) is 36.0 Å². The number of rotatable bonds is 1. The third-order valence-corrected chi connectivity index (χ3v) is 2.02. The standard InChI is InChI=1S/C10H13NO/c1-8-4-3-6-10(2,7-5-8)9(11)12/h3-7H,1-2H3,(H2,11,12). The van der Waals surface area contributed by atoms with Crippen molar-refractivity contribution in [1.29, 1.82) is 0 Å². The summed E-state index contributed by atoms with van der Waals surface area (Å²) in [7, 11) is 0. The van der Waals surface area contributed by atoms with E-state index >= 15 is 0 Å². The van der Waals surface area contributed by atoms with E-state index in [1.165, 1.54) is 0 Å². The van der Waals surface area contributed by atoms with Gasteiger partial charge in [-0.1, -0.05) is 36.0 Å². The number of amides is 1. The lowest BCUT2D eigenvalue weighted by Gasteiger charge is -2.15. The van der Waals surface area contributed by atoms with Crippen LogP contribution in [0.5, 0.6) is 0 Å². The van der Waals surface area contributed by atoms with E-state index in [0.717, 1.165) is 5.57 Å². The van der Waals surface area contributed by atoms with E-state index in [1.54, 1.807) is 6.92 Å². The van der Waals surface area contributed by atoms with E-state index in [0.29, 0.717) is 0 Å². The Hall–Kier alpha value is -1.31. The lowest BCUT2D eigenvalue weighted by molar-refractivity contribution is -0.122. The second kappa shape index (κ2) is 2.97. The second-order valence-corrected chi connectivity index (χ2v) is 3.25. The summed E-state index contributed by atoms with van der Waals surface area (Å²) in [6, 6.07) is 0. The third-order valence-electron chi connectivity index (χ3n) is 2.02. The van der Waals surface area contributed by atoms with Crippen LogP contribution >= 0.6 is 0 Å². The molecule has 0 saturated heterocycles. The van der Waals surface area contributed by atoms with Crippen LogP contribution in [0.2, 0.25) is 0 Å². The summed E-state index contributed by atoms with van der Waals surface area (Å²) in [4.78, 5) is 11.0. The number of primary amides is 1. The molecule has 64 valence electrons. The number of hydrogen-bond acceptors (Lipinski definition) is 1. The Morgan fingerprint density at radius 2 is 2.17 bits per heavy atom. The second-order valence-electron chi connectivity index (χ2n) is 3.25. The number of hydrogen-bond donors (Lipinski definition) is 1. The van der Waals surface area contributed by atoms with Crippen molar-refractivity contribution in [3.63, 3.8) is 0 Å². The lowest BCUT2D eigenvalue weighted by atomic mass is 9.89. The minimum absolute atomic E-state index is 0.321. The summed E-state index contributed by atoms with van der Waals surface area (Å²) < 4.78 is 0. The molecule has 0 aromatic carbocycles. The van der Waals surface area contributed by atoms with Gasteiger partial charge in [0.05, 0.1) is 5.41 Å². The molecule has 12 heavy (non-hydrogen) atoms. The number of carbonyl (C=O) groups is 1. The van der Waals surface area contributed by atoms with E-state index in [2.05, 4.69) is 0 Å². The fourth-order valence-electron chi connectivity index (χ4n) is 0.980. The molecule has 1 atom stereocenters. The van der Waals surface area contributed by atoms with Crippen molar-refractivity contribution in [3.8, 4) is 0 Å². The summed E-state index contributed by atoms with van der Waals surface area (Å²) in [5.41, 5.74) is 5.74. The van der Waals surface area contributed by atoms with Gasteiger partial charge in [0.15, 0.2) is 0 Å². The fraction of sp³-hybridized carbons (Fsp3) is 0.300. The average molecular weight is 163 g/mol. The highest BCUT2D eigenvalue weighted by Crippen LogP contribution is 2.22. The molecule has 1 amide bonds. The van der Waals surface area contributed by atoms with Gasteiger partial charge in [-0.05, 0) is 13.8 Å². The molecular weight excluding hydrogens is 150 g/mol. The van der Waals surface area contributed by atoms with Crippen molar-refractivity contribution < 1.29 is 4.79 Å². The lowest BCUT2D eigenvalue weighted by Crippen LogP contribution is -2.30. The number of allylic oxidation sites excluding steroid dienone is 4. The molecule has 1 aliphatic carbocycles. The van der Waals surface area contributed by atoms with Crippen LogP contribution in [0, 0.1) is 5.41 Å². The molecule has 2 heteroatoms. The molecule has 0 aliphatic heterocycles. The monoisotopic (exact) mass is 163 g/mol. The Morgan fingerprint density at radius 3 is 2.75 bits per heavy atom. The summed E-state index contributed by atoms with van der Waals surface area (Å²) in [6.45, 7) is 3.78. The molecule has 0 heterocycles. The predicted octanol–water partition coefficient (Wildman–Crippen LogP) is 1.55. The van der Waals surface area contributed by atoms with Crippen molar-refractivity contribution in [2.75, 3.05) is 0 Å². The average Bonchev–Trinajstić information content (AvgIpc) is 2.15. The van der Waals surface area contributed by atoms with Crippen LogP contribution < -0.4 is 5.73 Å². The summed E-state index contributed by atoms with van der Waals surface area (Å²) >= 11 is 0. The molecule has 0 radical (unpaired) electrons. The summed E-state index contributed by atoms with van der Waals surface area (Å²) in [6.07, 6.45) is 9.35. The molecule has 0 saturated carbocycles. The zero-order chi connectivity index (χ0) is 9.19. The van der Waals surface area contributed by atoms with Gasteiger partial charge in [-0.3, -0.25) is 4.79 Å². The molecule has 2 nitrogen and oxygen atoms in total. The number of carbonyl (C=O) groups excluding carboxylic acids is 1. The Morgan fingerprint density at radius 1 is 1.50 bits per heavy atom. The van der Waals surface area contributed by atoms with Crippen LogP contribution in [0.15, 0.2) is 36.0 Å². The highest BCUT2D eigenvalue weighted by molar-refractivity contribution is 5.85. The van der Waals surface area contributed by atoms with E-state index in [9.17, 15) is 4.79 Å². The van der Waals surface area contributed by atoms with Crippen LogP contribution in [-0.4, -0.2) is 5.91 Å². The van der Waals surface area contributed by atoms with Gasteiger partial charge < -0.3 is 5.73 Å². The summed E-state index contributed by atoms with van der Waals surface area (Å²) in [5, 5.41) is 0. The van der Waals surface area contributed by atoms with Gasteiger partial charge in [-0.2, -0.15) is 0 Å². The highest BCUT2D eigenvalue weighted by Gasteiger charge is 2.24. The smallest absolute Gasteiger partial charge is 0.231 e. The minimum atomic E-state index is -0.631. The molecule has 0 bridgehead atoms. The van der Waals surface area contributed by atoms with Gasteiger partial charge in [0, 0.05) is 0 Å². The quantitative estimate of drug-likeness (QED) is 0.626. The van der Waals surface area contributed by atoms with Gasteiger partial charge in [-0.15, -0.1) is 0 Å². The molecule has 1 rings (SSSR count). The molecule has 2 N–H and O–H groups in total. The maximum atomic E-state index is 11.0. The third kappa shape index (κ3) is 1.64. The van der Waals surface area contributed by atoms with Crippen LogP contribution in [0.1, 0.15) is 13.8 Å². The molecule has 0 fully saturated rings. The zero-order valence-electron chi connectivity index (χ0n) is 7.37. The molecule has 0 spiro atoms. The van der Waals surface area contributed by atoms with Gasteiger partial charge in [0.2, 0.25) is 5.91 Å². The first-order chi connectivity index (χ1) is 5.54. The Labute approximate surface area is 72.5 Å². The zero-order valence-corrected chi connectivity index (χ0v) is 7.37. The van der Waals surface area contributed by atoms with Crippen molar-refractivity contribution in [2.24, 2.45) is 11.1 Å². The first-order valence-corrected chi connectivity index (χ1v) is 3.90. The van der Waals surface area contributed by atoms with E-state index in [1.807, 2.05) is 37.3 Å². The topological polar surface area (TPSA) is 43.1 Å². The Bertz CT molecular complexity index is 286. The first-order valence-electron chi connectivity index (χ1n) is 3.90. The largest absolute Gasteiger partial charge is 0.369 e. The van der Waals surface area contributed by atoms with Crippen LogP contribution in [0.25, 0.3) is 0 Å². The van der Waals surface area contributed by atoms with Crippen molar-refractivity contribution in [1.82, 2.24) is 0 Å². The maximum Gasteiger partial charge on any atom is 0.231 e. The van der Waals surface area contributed by atoms with Crippen molar-refractivity contribution in [2.45, 2.75) is 13.8 Å². The van der Waals surface area contributed by atoms with Gasteiger partial charge >= 0.3 is 0 Å². The molecule has 1 aliphatic rings. The SMILES string of the molecule is CC1=CC=CC(C)(C(N)=O)C=C1. The van der Waals surface area contributed by atoms with Crippen LogP contribution in [-0.2, 0) is 4.79 Å². The Kier molecular flexibility index (Phi) is 2.18. The van der Waals surface area contributed by atoms with E-state index < -0.39 is 5.41 Å². The van der Waals surface area contributed by atoms with E-state index in [-0.39, 0.29) is 5.91 Å². The minimum Gasteiger partial charge on any atom is -0.369 e. The van der Waals surface area contributed by atoms with Crippen LogP contribution in [0.3, 0.4) is 0 Å². The van der Waals surface area contributed by atoms with Gasteiger partial charge in [0.25, 0.3) is 0 Å². The fourth-order valence-corrected chi connectivity index (χ4v) is 0.980. The Balaban J connectivity index is 3.00. The molecule has 0 aromatic rings. The molecular formula is C10H13NO. The van der Waals surface area contributed by atoms with Crippen molar-refractivity contribution >= 4 is 5.91 Å². The first kappa shape index (κ1) is 8.78.